The largest absolute Gasteiger partial charge is 0.455 e. The first-order valence-corrected chi connectivity index (χ1v) is 6.77. The summed E-state index contributed by atoms with van der Waals surface area (Å²) in [6, 6.07) is 14.0. The zero-order valence-electron chi connectivity index (χ0n) is 11.8. The van der Waals surface area contributed by atoms with E-state index in [1.807, 2.05) is 30.3 Å². The number of carbonyl (C=O) groups excluding carboxylic acids is 1. The average molecular weight is 315 g/mol. The molecule has 0 spiro atoms. The summed E-state index contributed by atoms with van der Waals surface area (Å²) in [5, 5.41) is 3.76. The van der Waals surface area contributed by atoms with Crippen LogP contribution in [0.25, 0.3) is 11.3 Å². The van der Waals surface area contributed by atoms with Gasteiger partial charge in [0.05, 0.1) is 0 Å². The second kappa shape index (κ2) is 6.39. The van der Waals surface area contributed by atoms with Crippen LogP contribution in [0.3, 0.4) is 0 Å². The van der Waals surface area contributed by atoms with E-state index in [4.69, 9.17) is 9.26 Å². The van der Waals surface area contributed by atoms with Crippen LogP contribution in [0.5, 0.6) is 0 Å². The van der Waals surface area contributed by atoms with Crippen LogP contribution < -0.4 is 0 Å². The van der Waals surface area contributed by atoms with Gasteiger partial charge in [-0.2, -0.15) is 0 Å². The number of esters is 1. The topological polar surface area (TPSA) is 52.3 Å². The lowest BCUT2D eigenvalue weighted by molar-refractivity contribution is 0.0453. The van der Waals surface area contributed by atoms with E-state index in [9.17, 15) is 13.6 Å². The van der Waals surface area contributed by atoms with Crippen molar-refractivity contribution in [3.8, 4) is 11.3 Å². The molecule has 0 aliphatic rings. The van der Waals surface area contributed by atoms with Gasteiger partial charge in [0.2, 0.25) is 0 Å². The number of hydrogen-bond acceptors (Lipinski definition) is 4. The Hall–Kier alpha value is -3.02. The molecule has 1 aromatic heterocycles. The van der Waals surface area contributed by atoms with Gasteiger partial charge in [0.25, 0.3) is 0 Å². The Balaban J connectivity index is 1.70. The summed E-state index contributed by atoms with van der Waals surface area (Å²) in [6.07, 6.45) is 0. The SMILES string of the molecule is O=C(OCc1cc(-c2ccccc2)on1)c1c(F)cccc1F. The predicted octanol–water partition coefficient (Wildman–Crippen LogP) is 3.98. The average Bonchev–Trinajstić information content (AvgIpc) is 3.02. The van der Waals surface area contributed by atoms with E-state index < -0.39 is 23.2 Å². The highest BCUT2D eigenvalue weighted by Gasteiger charge is 2.19. The summed E-state index contributed by atoms with van der Waals surface area (Å²) in [6.45, 7) is -0.247. The maximum absolute atomic E-state index is 13.5. The number of nitrogens with zero attached hydrogens (tertiary/aromatic N) is 1. The van der Waals surface area contributed by atoms with E-state index in [0.29, 0.717) is 11.5 Å². The molecule has 6 heteroatoms. The highest BCUT2D eigenvalue weighted by Crippen LogP contribution is 2.20. The molecule has 0 saturated carbocycles. The molecule has 0 aliphatic heterocycles. The monoisotopic (exact) mass is 315 g/mol. The van der Waals surface area contributed by atoms with E-state index >= 15 is 0 Å². The quantitative estimate of drug-likeness (QED) is 0.683. The van der Waals surface area contributed by atoms with Crippen LogP contribution in [0.15, 0.2) is 59.1 Å². The molecular weight excluding hydrogens is 304 g/mol. The van der Waals surface area contributed by atoms with Gasteiger partial charge in [0.1, 0.15) is 29.5 Å². The van der Waals surface area contributed by atoms with Gasteiger partial charge in [-0.15, -0.1) is 0 Å². The fourth-order valence-electron chi connectivity index (χ4n) is 2.02. The zero-order chi connectivity index (χ0) is 16.2. The molecule has 0 fully saturated rings. The van der Waals surface area contributed by atoms with Gasteiger partial charge >= 0.3 is 5.97 Å². The fourth-order valence-corrected chi connectivity index (χ4v) is 2.02. The summed E-state index contributed by atoms with van der Waals surface area (Å²) in [7, 11) is 0. The van der Waals surface area contributed by atoms with Crippen molar-refractivity contribution < 1.29 is 22.8 Å². The lowest BCUT2D eigenvalue weighted by Gasteiger charge is -2.04. The molecule has 0 saturated heterocycles. The molecule has 0 aliphatic carbocycles. The smallest absolute Gasteiger partial charge is 0.344 e. The first-order chi connectivity index (χ1) is 11.1. The van der Waals surface area contributed by atoms with E-state index in [0.717, 1.165) is 17.7 Å². The second-order valence-electron chi connectivity index (χ2n) is 4.72. The van der Waals surface area contributed by atoms with Gasteiger partial charge in [0.15, 0.2) is 5.76 Å². The van der Waals surface area contributed by atoms with Crippen molar-refractivity contribution in [3.05, 3.63) is 77.5 Å². The minimum atomic E-state index is -1.09. The van der Waals surface area contributed by atoms with Gasteiger partial charge in [0, 0.05) is 11.6 Å². The molecule has 0 N–H and O–H groups in total. The second-order valence-corrected chi connectivity index (χ2v) is 4.72. The molecule has 2 aromatic carbocycles. The number of ether oxygens (including phenoxy) is 1. The Bertz CT molecular complexity index is 811. The molecule has 116 valence electrons. The molecule has 23 heavy (non-hydrogen) atoms. The van der Waals surface area contributed by atoms with E-state index in [2.05, 4.69) is 5.16 Å². The number of benzene rings is 2. The third-order valence-electron chi connectivity index (χ3n) is 3.14. The predicted molar refractivity (Wildman–Crippen MR) is 77.4 cm³/mol. The number of carbonyl (C=O) groups is 1. The van der Waals surface area contributed by atoms with Crippen LogP contribution >= 0.6 is 0 Å². The molecule has 0 amide bonds. The molecule has 3 rings (SSSR count). The third kappa shape index (κ3) is 3.26. The number of hydrogen-bond donors (Lipinski definition) is 0. The highest BCUT2D eigenvalue weighted by atomic mass is 19.1. The van der Waals surface area contributed by atoms with Crippen LogP contribution in [0.4, 0.5) is 8.78 Å². The van der Waals surface area contributed by atoms with E-state index in [-0.39, 0.29) is 6.61 Å². The highest BCUT2D eigenvalue weighted by molar-refractivity contribution is 5.89. The lowest BCUT2D eigenvalue weighted by atomic mass is 10.2. The minimum absolute atomic E-state index is 0.247. The summed E-state index contributed by atoms with van der Waals surface area (Å²) in [5.74, 6) is -2.53. The summed E-state index contributed by atoms with van der Waals surface area (Å²) < 4.78 is 37.0. The maximum Gasteiger partial charge on any atom is 0.344 e. The van der Waals surface area contributed by atoms with Gasteiger partial charge in [-0.3, -0.25) is 0 Å². The number of aromatic nitrogens is 1. The van der Waals surface area contributed by atoms with Crippen molar-refractivity contribution in [1.82, 2.24) is 5.16 Å². The molecule has 3 aromatic rings. The molecule has 0 atom stereocenters. The normalized spacial score (nSPS) is 10.5. The van der Waals surface area contributed by atoms with Crippen molar-refractivity contribution in [2.75, 3.05) is 0 Å². The molecule has 0 unspecified atom stereocenters. The van der Waals surface area contributed by atoms with E-state index in [1.54, 1.807) is 6.07 Å². The Kier molecular flexibility index (Phi) is 4.14. The van der Waals surface area contributed by atoms with Gasteiger partial charge in [-0.25, -0.2) is 13.6 Å². The molecule has 0 bridgehead atoms. The summed E-state index contributed by atoms with van der Waals surface area (Å²) >= 11 is 0. The van der Waals surface area contributed by atoms with Crippen molar-refractivity contribution in [1.29, 1.82) is 0 Å². The summed E-state index contributed by atoms with van der Waals surface area (Å²) in [5.41, 5.74) is 0.436. The summed E-state index contributed by atoms with van der Waals surface area (Å²) in [4.78, 5) is 11.8. The van der Waals surface area contributed by atoms with Crippen LogP contribution in [0.2, 0.25) is 0 Å². The van der Waals surface area contributed by atoms with Gasteiger partial charge in [-0.05, 0) is 12.1 Å². The minimum Gasteiger partial charge on any atom is -0.455 e. The van der Waals surface area contributed by atoms with Gasteiger partial charge in [-0.1, -0.05) is 41.6 Å². The van der Waals surface area contributed by atoms with Crippen LogP contribution in [0, 0.1) is 11.6 Å². The molecular formula is C17H11F2NO3. The third-order valence-corrected chi connectivity index (χ3v) is 3.14. The van der Waals surface area contributed by atoms with Gasteiger partial charge < -0.3 is 9.26 Å². The molecule has 4 nitrogen and oxygen atoms in total. The van der Waals surface area contributed by atoms with Crippen molar-refractivity contribution in [3.63, 3.8) is 0 Å². The zero-order valence-corrected chi connectivity index (χ0v) is 11.8. The van der Waals surface area contributed by atoms with E-state index in [1.165, 1.54) is 6.07 Å². The van der Waals surface area contributed by atoms with Crippen molar-refractivity contribution >= 4 is 5.97 Å². The number of rotatable bonds is 4. The Labute approximate surface area is 130 Å². The maximum atomic E-state index is 13.5. The number of halogens is 2. The van der Waals surface area contributed by atoms with Crippen LogP contribution in [-0.2, 0) is 11.3 Å². The molecule has 1 heterocycles. The standard InChI is InChI=1S/C17H11F2NO3/c18-13-7-4-8-14(19)16(13)17(21)22-10-12-9-15(23-20-12)11-5-2-1-3-6-11/h1-9H,10H2. The van der Waals surface area contributed by atoms with Crippen LogP contribution in [-0.4, -0.2) is 11.1 Å². The van der Waals surface area contributed by atoms with Crippen molar-refractivity contribution in [2.24, 2.45) is 0 Å². The molecule has 0 radical (unpaired) electrons. The fraction of sp³-hybridized carbons (Fsp3) is 0.0588. The Morgan fingerprint density at radius 3 is 2.43 bits per heavy atom. The Morgan fingerprint density at radius 1 is 1.04 bits per heavy atom. The lowest BCUT2D eigenvalue weighted by Crippen LogP contribution is -2.10. The Morgan fingerprint density at radius 2 is 1.74 bits per heavy atom. The van der Waals surface area contributed by atoms with Crippen LogP contribution in [0.1, 0.15) is 16.1 Å². The first-order valence-electron chi connectivity index (χ1n) is 6.77. The van der Waals surface area contributed by atoms with Crippen molar-refractivity contribution in [2.45, 2.75) is 6.61 Å². The first kappa shape index (κ1) is 14.9.